The smallest absolute Gasteiger partial charge is 0.0788 e. The van der Waals surface area contributed by atoms with Crippen molar-refractivity contribution >= 4 is 0 Å². The van der Waals surface area contributed by atoms with Crippen molar-refractivity contribution in [2.24, 2.45) is 5.92 Å². The Morgan fingerprint density at radius 1 is 1.42 bits per heavy atom. The molecule has 0 aliphatic carbocycles. The first-order valence-electron chi connectivity index (χ1n) is 4.74. The molecule has 0 saturated carbocycles. The van der Waals surface area contributed by atoms with E-state index in [2.05, 4.69) is 18.0 Å². The van der Waals surface area contributed by atoms with E-state index in [1.54, 1.807) is 7.11 Å². The summed E-state index contributed by atoms with van der Waals surface area (Å²) < 4.78 is 4.95. The lowest BCUT2D eigenvalue weighted by atomic mass is 9.89. The van der Waals surface area contributed by atoms with E-state index in [-0.39, 0.29) is 0 Å². The predicted octanol–water partition coefficient (Wildman–Crippen LogP) is 1.63. The van der Waals surface area contributed by atoms with E-state index in [1.807, 2.05) is 6.26 Å². The second-order valence-corrected chi connectivity index (χ2v) is 3.93. The van der Waals surface area contributed by atoms with E-state index in [1.165, 1.54) is 19.3 Å². The highest BCUT2D eigenvalue weighted by Gasteiger charge is 2.42. The van der Waals surface area contributed by atoms with Gasteiger partial charge in [-0.25, -0.2) is 0 Å². The number of fused-ring (bicyclic) bond motifs is 2. The average Bonchev–Trinajstić information content (AvgIpc) is 2.58. The summed E-state index contributed by atoms with van der Waals surface area (Å²) in [6.07, 6.45) is 8.17. The SMILES string of the molecule is CO/C=C/[C@H]1C[C@@H]2CC[C@H]1N2C. The third-order valence-electron chi connectivity index (χ3n) is 3.40. The largest absolute Gasteiger partial charge is 0.505 e. The Bertz CT molecular complexity index is 190. The average molecular weight is 167 g/mol. The molecule has 0 unspecified atom stereocenters. The third-order valence-corrected chi connectivity index (χ3v) is 3.40. The molecule has 2 bridgehead atoms. The summed E-state index contributed by atoms with van der Waals surface area (Å²) in [7, 11) is 3.97. The quantitative estimate of drug-likeness (QED) is 0.580. The molecule has 2 aliphatic heterocycles. The summed E-state index contributed by atoms with van der Waals surface area (Å²) >= 11 is 0. The van der Waals surface area contributed by atoms with Gasteiger partial charge in [-0.1, -0.05) is 0 Å². The van der Waals surface area contributed by atoms with E-state index in [0.717, 1.165) is 18.0 Å². The Morgan fingerprint density at radius 2 is 2.25 bits per heavy atom. The van der Waals surface area contributed by atoms with Crippen LogP contribution in [0.2, 0.25) is 0 Å². The number of hydrogen-bond acceptors (Lipinski definition) is 2. The molecule has 2 heteroatoms. The minimum Gasteiger partial charge on any atom is -0.505 e. The molecule has 2 fully saturated rings. The van der Waals surface area contributed by atoms with Crippen LogP contribution < -0.4 is 0 Å². The molecule has 0 radical (unpaired) electrons. The van der Waals surface area contributed by atoms with Gasteiger partial charge < -0.3 is 4.74 Å². The standard InChI is InChI=1S/C10H17NO/c1-11-9-3-4-10(11)8(7-9)5-6-12-2/h5-6,8-10H,3-4,7H2,1-2H3/b6-5+/t8-,9-,10+/m0/s1. The van der Waals surface area contributed by atoms with Gasteiger partial charge in [-0.05, 0) is 38.3 Å². The van der Waals surface area contributed by atoms with Crippen molar-refractivity contribution in [1.82, 2.24) is 4.90 Å². The molecule has 0 spiro atoms. The Labute approximate surface area is 74.2 Å². The first kappa shape index (κ1) is 8.11. The van der Waals surface area contributed by atoms with Gasteiger partial charge in [0, 0.05) is 12.1 Å². The zero-order chi connectivity index (χ0) is 8.55. The minimum absolute atomic E-state index is 0.744. The van der Waals surface area contributed by atoms with Crippen molar-refractivity contribution in [1.29, 1.82) is 0 Å². The second kappa shape index (κ2) is 3.09. The summed E-state index contributed by atoms with van der Waals surface area (Å²) in [6, 6.07) is 1.64. The molecule has 0 aromatic heterocycles. The molecule has 12 heavy (non-hydrogen) atoms. The van der Waals surface area contributed by atoms with Crippen LogP contribution in [0.5, 0.6) is 0 Å². The highest BCUT2D eigenvalue weighted by molar-refractivity contribution is 5.05. The number of ether oxygens (including phenoxy) is 1. The summed E-state index contributed by atoms with van der Waals surface area (Å²) in [4.78, 5) is 2.53. The fourth-order valence-corrected chi connectivity index (χ4v) is 2.70. The van der Waals surface area contributed by atoms with Crippen molar-refractivity contribution in [3.63, 3.8) is 0 Å². The topological polar surface area (TPSA) is 12.5 Å². The zero-order valence-electron chi connectivity index (χ0n) is 7.86. The molecule has 2 rings (SSSR count). The van der Waals surface area contributed by atoms with Crippen molar-refractivity contribution in [3.8, 4) is 0 Å². The molecule has 2 aliphatic rings. The van der Waals surface area contributed by atoms with Crippen molar-refractivity contribution < 1.29 is 4.74 Å². The van der Waals surface area contributed by atoms with Crippen molar-refractivity contribution in [2.75, 3.05) is 14.2 Å². The Balaban J connectivity index is 1.99. The normalized spacial score (nSPS) is 41.3. The maximum atomic E-state index is 4.95. The van der Waals surface area contributed by atoms with Crippen LogP contribution in [0.4, 0.5) is 0 Å². The van der Waals surface area contributed by atoms with Crippen LogP contribution in [-0.4, -0.2) is 31.1 Å². The molecule has 0 N–H and O–H groups in total. The Hall–Kier alpha value is -0.500. The van der Waals surface area contributed by atoms with Crippen molar-refractivity contribution in [3.05, 3.63) is 12.3 Å². The van der Waals surface area contributed by atoms with Gasteiger partial charge in [0.15, 0.2) is 0 Å². The van der Waals surface area contributed by atoms with Gasteiger partial charge in [0.1, 0.15) is 0 Å². The summed E-state index contributed by atoms with van der Waals surface area (Å²) in [5, 5.41) is 0. The van der Waals surface area contributed by atoms with Gasteiger partial charge in [0.25, 0.3) is 0 Å². The van der Waals surface area contributed by atoms with Crippen LogP contribution >= 0.6 is 0 Å². The number of hydrogen-bond donors (Lipinski definition) is 0. The summed E-state index contributed by atoms with van der Waals surface area (Å²) in [5.74, 6) is 0.744. The first-order chi connectivity index (χ1) is 5.83. The van der Waals surface area contributed by atoms with Gasteiger partial charge in [-0.3, -0.25) is 4.90 Å². The molecule has 3 atom stereocenters. The monoisotopic (exact) mass is 167 g/mol. The van der Waals surface area contributed by atoms with Crippen LogP contribution in [0.25, 0.3) is 0 Å². The van der Waals surface area contributed by atoms with Crippen LogP contribution in [0.1, 0.15) is 19.3 Å². The van der Waals surface area contributed by atoms with Crippen LogP contribution in [0.3, 0.4) is 0 Å². The summed E-state index contributed by atoms with van der Waals surface area (Å²) in [5.41, 5.74) is 0. The van der Waals surface area contributed by atoms with Gasteiger partial charge in [-0.2, -0.15) is 0 Å². The highest BCUT2D eigenvalue weighted by Crippen LogP contribution is 2.40. The molecule has 68 valence electrons. The maximum Gasteiger partial charge on any atom is 0.0788 e. The first-order valence-corrected chi connectivity index (χ1v) is 4.74. The second-order valence-electron chi connectivity index (χ2n) is 3.93. The minimum atomic E-state index is 0.744. The van der Waals surface area contributed by atoms with Gasteiger partial charge in [-0.15, -0.1) is 0 Å². The number of rotatable bonds is 2. The highest BCUT2D eigenvalue weighted by atomic mass is 16.5. The molecular weight excluding hydrogens is 150 g/mol. The molecule has 0 amide bonds. The molecule has 0 aromatic carbocycles. The van der Waals surface area contributed by atoms with E-state index >= 15 is 0 Å². The van der Waals surface area contributed by atoms with Gasteiger partial charge >= 0.3 is 0 Å². The fourth-order valence-electron chi connectivity index (χ4n) is 2.70. The fraction of sp³-hybridized carbons (Fsp3) is 0.800. The predicted molar refractivity (Wildman–Crippen MR) is 48.8 cm³/mol. The lowest BCUT2D eigenvalue weighted by Crippen LogP contribution is -2.25. The zero-order valence-corrected chi connectivity index (χ0v) is 7.86. The Morgan fingerprint density at radius 3 is 2.75 bits per heavy atom. The molecular formula is C10H17NO. The van der Waals surface area contributed by atoms with Crippen molar-refractivity contribution in [2.45, 2.75) is 31.3 Å². The molecule has 2 saturated heterocycles. The van der Waals surface area contributed by atoms with Gasteiger partial charge in [0.2, 0.25) is 0 Å². The van der Waals surface area contributed by atoms with E-state index in [4.69, 9.17) is 4.74 Å². The molecule has 0 aromatic rings. The maximum absolute atomic E-state index is 4.95. The molecule has 2 nitrogen and oxygen atoms in total. The third kappa shape index (κ3) is 1.14. The van der Waals surface area contributed by atoms with E-state index in [9.17, 15) is 0 Å². The Kier molecular flexibility index (Phi) is 2.09. The number of methoxy groups -OCH3 is 1. The molecule has 2 heterocycles. The van der Waals surface area contributed by atoms with E-state index in [0.29, 0.717) is 0 Å². The lowest BCUT2D eigenvalue weighted by Gasteiger charge is -2.17. The number of nitrogens with zero attached hydrogens (tertiary/aromatic N) is 1. The lowest BCUT2D eigenvalue weighted by molar-refractivity contribution is 0.298. The van der Waals surface area contributed by atoms with Crippen LogP contribution in [0.15, 0.2) is 12.3 Å². The van der Waals surface area contributed by atoms with Gasteiger partial charge in [0.05, 0.1) is 13.4 Å². The van der Waals surface area contributed by atoms with Crippen LogP contribution in [0, 0.1) is 5.92 Å². The van der Waals surface area contributed by atoms with E-state index < -0.39 is 0 Å². The summed E-state index contributed by atoms with van der Waals surface area (Å²) in [6.45, 7) is 0. The van der Waals surface area contributed by atoms with Crippen LogP contribution in [-0.2, 0) is 4.74 Å².